The quantitative estimate of drug-likeness (QED) is 0.779. The summed E-state index contributed by atoms with van der Waals surface area (Å²) in [5.41, 5.74) is 8.78. The van der Waals surface area contributed by atoms with Crippen molar-refractivity contribution in [2.24, 2.45) is 5.92 Å². The van der Waals surface area contributed by atoms with Crippen molar-refractivity contribution in [1.82, 2.24) is 5.32 Å². The van der Waals surface area contributed by atoms with Gasteiger partial charge in [0.1, 0.15) is 11.8 Å². The van der Waals surface area contributed by atoms with Crippen molar-refractivity contribution >= 4 is 23.2 Å². The van der Waals surface area contributed by atoms with Crippen molar-refractivity contribution in [3.63, 3.8) is 0 Å². The number of rotatable bonds is 5. The van der Waals surface area contributed by atoms with Gasteiger partial charge in [-0.3, -0.25) is 9.59 Å². The number of anilines is 2. The van der Waals surface area contributed by atoms with Crippen molar-refractivity contribution in [2.45, 2.75) is 33.2 Å². The first-order valence-corrected chi connectivity index (χ1v) is 9.55. The zero-order chi connectivity index (χ0) is 20.3. The number of nitrogens with two attached hydrogens (primary N) is 1. The predicted octanol–water partition coefficient (Wildman–Crippen LogP) is 3.21. The Kier molecular flexibility index (Phi) is 5.87. The lowest BCUT2D eigenvalue weighted by Gasteiger charge is -2.28. The molecule has 6 nitrogen and oxygen atoms in total. The van der Waals surface area contributed by atoms with Crippen LogP contribution in [0, 0.1) is 12.8 Å². The van der Waals surface area contributed by atoms with Gasteiger partial charge in [0.25, 0.3) is 11.8 Å². The Hall–Kier alpha value is -3.02. The summed E-state index contributed by atoms with van der Waals surface area (Å²) in [6.45, 7) is 6.59. The molecular weight excluding hydrogens is 354 g/mol. The molecule has 3 N–H and O–H groups in total. The lowest BCUT2D eigenvalue weighted by molar-refractivity contribution is -0.128. The first-order chi connectivity index (χ1) is 13.4. The van der Waals surface area contributed by atoms with Gasteiger partial charge in [-0.15, -0.1) is 0 Å². The number of aryl methyl sites for hydroxylation is 1. The van der Waals surface area contributed by atoms with Crippen molar-refractivity contribution in [3.8, 4) is 5.75 Å². The maximum atomic E-state index is 13.6. The van der Waals surface area contributed by atoms with Gasteiger partial charge in [-0.25, -0.2) is 0 Å². The largest absolute Gasteiger partial charge is 0.483 e. The normalized spacial score (nSPS) is 16.0. The lowest BCUT2D eigenvalue weighted by atomic mass is 10.0. The number of nitrogens with zero attached hydrogens (tertiary/aromatic N) is 1. The molecule has 1 aliphatic heterocycles. The Morgan fingerprint density at radius 1 is 1.25 bits per heavy atom. The highest BCUT2D eigenvalue weighted by atomic mass is 16.5. The maximum absolute atomic E-state index is 13.6. The van der Waals surface area contributed by atoms with Crippen LogP contribution in [0.25, 0.3) is 0 Å². The van der Waals surface area contributed by atoms with Crippen molar-refractivity contribution in [2.75, 3.05) is 23.8 Å². The number of para-hydroxylation sites is 1. The average Bonchev–Trinajstić information content (AvgIpc) is 2.83. The van der Waals surface area contributed by atoms with E-state index >= 15 is 0 Å². The first kappa shape index (κ1) is 19.7. The maximum Gasteiger partial charge on any atom is 0.258 e. The second-order valence-corrected chi connectivity index (χ2v) is 7.55. The summed E-state index contributed by atoms with van der Waals surface area (Å²) in [5, 5.41) is 2.83. The van der Waals surface area contributed by atoms with E-state index in [-0.39, 0.29) is 18.4 Å². The summed E-state index contributed by atoms with van der Waals surface area (Å²) in [5.74, 6) is 0.539. The fraction of sp³-hybridized carbons (Fsp3) is 0.364. The third-order valence-electron chi connectivity index (χ3n) is 4.85. The number of ether oxygens (including phenoxy) is 1. The Bertz CT molecular complexity index is 862. The minimum Gasteiger partial charge on any atom is -0.483 e. The van der Waals surface area contributed by atoms with Gasteiger partial charge >= 0.3 is 0 Å². The summed E-state index contributed by atoms with van der Waals surface area (Å²) in [6, 6.07) is 12.0. The van der Waals surface area contributed by atoms with Gasteiger partial charge in [0, 0.05) is 23.5 Å². The second kappa shape index (κ2) is 8.33. The molecule has 6 heteroatoms. The van der Waals surface area contributed by atoms with Crippen molar-refractivity contribution in [3.05, 3.63) is 53.6 Å². The Balaban J connectivity index is 2.00. The molecule has 1 aliphatic rings. The van der Waals surface area contributed by atoms with E-state index in [0.29, 0.717) is 29.5 Å². The number of nitrogens with one attached hydrogen (secondary N) is 1. The van der Waals surface area contributed by atoms with Gasteiger partial charge in [-0.05, 0) is 49.1 Å². The molecule has 0 saturated carbocycles. The number of carbonyl (C=O) groups excluding carboxylic acids is 2. The highest BCUT2D eigenvalue weighted by molar-refractivity contribution is 6.00. The molecule has 1 heterocycles. The molecule has 3 rings (SSSR count). The van der Waals surface area contributed by atoms with E-state index < -0.39 is 6.04 Å². The van der Waals surface area contributed by atoms with Crippen LogP contribution in [0.15, 0.2) is 42.5 Å². The molecule has 0 bridgehead atoms. The molecule has 0 radical (unpaired) electrons. The van der Waals surface area contributed by atoms with Gasteiger partial charge < -0.3 is 20.7 Å². The monoisotopic (exact) mass is 381 g/mol. The van der Waals surface area contributed by atoms with Crippen LogP contribution in [0.5, 0.6) is 5.75 Å². The van der Waals surface area contributed by atoms with E-state index in [1.807, 2.05) is 37.3 Å². The summed E-state index contributed by atoms with van der Waals surface area (Å²) in [6.07, 6.45) is 0.841. The fourth-order valence-corrected chi connectivity index (χ4v) is 3.28. The minimum absolute atomic E-state index is 0.102. The van der Waals surface area contributed by atoms with E-state index in [1.54, 1.807) is 17.0 Å². The number of hydrogen-bond acceptors (Lipinski definition) is 4. The van der Waals surface area contributed by atoms with Crippen LogP contribution in [0.3, 0.4) is 0 Å². The van der Waals surface area contributed by atoms with Gasteiger partial charge in [-0.1, -0.05) is 32.0 Å². The molecule has 2 aromatic rings. The van der Waals surface area contributed by atoms with Crippen LogP contribution >= 0.6 is 0 Å². The Labute approximate surface area is 165 Å². The number of hydrogen-bond donors (Lipinski definition) is 2. The molecule has 148 valence electrons. The molecule has 0 saturated heterocycles. The molecule has 0 fully saturated rings. The van der Waals surface area contributed by atoms with E-state index in [0.717, 1.165) is 17.7 Å². The highest BCUT2D eigenvalue weighted by Gasteiger charge is 2.33. The first-order valence-electron chi connectivity index (χ1n) is 9.55. The van der Waals surface area contributed by atoms with Crippen LogP contribution in [-0.2, 0) is 9.59 Å². The third kappa shape index (κ3) is 4.27. The fourth-order valence-electron chi connectivity index (χ4n) is 3.28. The van der Waals surface area contributed by atoms with Crippen molar-refractivity contribution < 1.29 is 14.3 Å². The molecule has 1 atom stereocenters. The number of fused-ring (bicyclic) bond motifs is 1. The van der Waals surface area contributed by atoms with Crippen LogP contribution in [0.2, 0.25) is 0 Å². The standard InChI is InChI=1S/C22H27N3O3/c1-14(2)11-12-25(17-9-7-16(23)8-10-17)22(27)20-18-6-4-5-15(3)21(18)28-13-19(26)24-20/h4-10,14,20H,11-13,23H2,1-3H3,(H,24,26). The summed E-state index contributed by atoms with van der Waals surface area (Å²) >= 11 is 0. The van der Waals surface area contributed by atoms with E-state index in [1.165, 1.54) is 0 Å². The van der Waals surface area contributed by atoms with Gasteiger partial charge in [0.05, 0.1) is 0 Å². The minimum atomic E-state index is -0.797. The Morgan fingerprint density at radius 2 is 1.96 bits per heavy atom. The summed E-state index contributed by atoms with van der Waals surface area (Å²) in [7, 11) is 0. The van der Waals surface area contributed by atoms with Gasteiger partial charge in [0.2, 0.25) is 0 Å². The zero-order valence-electron chi connectivity index (χ0n) is 16.6. The van der Waals surface area contributed by atoms with E-state index in [4.69, 9.17) is 10.5 Å². The molecule has 1 unspecified atom stereocenters. The van der Waals surface area contributed by atoms with Crippen LogP contribution in [-0.4, -0.2) is 25.0 Å². The third-order valence-corrected chi connectivity index (χ3v) is 4.85. The summed E-state index contributed by atoms with van der Waals surface area (Å²) in [4.78, 5) is 27.5. The molecular formula is C22H27N3O3. The highest BCUT2D eigenvalue weighted by Crippen LogP contribution is 2.33. The number of benzene rings is 2. The molecule has 28 heavy (non-hydrogen) atoms. The smallest absolute Gasteiger partial charge is 0.258 e. The van der Waals surface area contributed by atoms with Gasteiger partial charge in [-0.2, -0.15) is 0 Å². The van der Waals surface area contributed by atoms with Crippen molar-refractivity contribution in [1.29, 1.82) is 0 Å². The topological polar surface area (TPSA) is 84.7 Å². The Morgan fingerprint density at radius 3 is 2.64 bits per heavy atom. The molecule has 2 amide bonds. The lowest BCUT2D eigenvalue weighted by Crippen LogP contribution is -2.43. The van der Waals surface area contributed by atoms with Crippen LogP contribution in [0.1, 0.15) is 37.4 Å². The van der Waals surface area contributed by atoms with Gasteiger partial charge in [0.15, 0.2) is 6.61 Å². The van der Waals surface area contributed by atoms with Crippen LogP contribution < -0.4 is 20.7 Å². The predicted molar refractivity (Wildman–Crippen MR) is 110 cm³/mol. The SMILES string of the molecule is Cc1cccc2c1OCC(=O)NC2C(=O)N(CCC(C)C)c1ccc(N)cc1. The van der Waals surface area contributed by atoms with E-state index in [9.17, 15) is 9.59 Å². The van der Waals surface area contributed by atoms with E-state index in [2.05, 4.69) is 19.2 Å². The molecule has 2 aromatic carbocycles. The second-order valence-electron chi connectivity index (χ2n) is 7.55. The summed E-state index contributed by atoms with van der Waals surface area (Å²) < 4.78 is 5.67. The number of nitrogen functional groups attached to an aromatic ring is 1. The van der Waals surface area contributed by atoms with Crippen LogP contribution in [0.4, 0.5) is 11.4 Å². The molecule has 0 aromatic heterocycles. The number of amides is 2. The number of carbonyl (C=O) groups is 2. The average molecular weight is 381 g/mol. The molecule has 0 aliphatic carbocycles. The zero-order valence-corrected chi connectivity index (χ0v) is 16.6. The molecule has 0 spiro atoms.